The summed E-state index contributed by atoms with van der Waals surface area (Å²) in [5.41, 5.74) is 0.776. The van der Waals surface area contributed by atoms with Crippen molar-refractivity contribution < 1.29 is 17.9 Å². The Morgan fingerprint density at radius 1 is 1.29 bits per heavy atom. The van der Waals surface area contributed by atoms with Crippen LogP contribution in [0.2, 0.25) is 0 Å². The number of nitrogens with zero attached hydrogens (tertiary/aromatic N) is 1. The number of hydrogen-bond donors (Lipinski definition) is 0. The van der Waals surface area contributed by atoms with Crippen molar-refractivity contribution in [1.82, 2.24) is 0 Å². The first-order valence-corrected chi connectivity index (χ1v) is 6.62. The van der Waals surface area contributed by atoms with E-state index in [4.69, 9.17) is 10.00 Å². The van der Waals surface area contributed by atoms with E-state index in [0.717, 1.165) is 5.56 Å². The molecule has 1 rings (SSSR count). The quantitative estimate of drug-likeness (QED) is 0.720. The predicted molar refractivity (Wildman–Crippen MR) is 60.5 cm³/mol. The van der Waals surface area contributed by atoms with Crippen LogP contribution < -0.4 is 0 Å². The highest BCUT2D eigenvalue weighted by Gasteiger charge is 2.17. The zero-order valence-corrected chi connectivity index (χ0v) is 9.81. The Morgan fingerprint density at radius 3 is 2.53 bits per heavy atom. The van der Waals surface area contributed by atoms with Gasteiger partial charge < -0.3 is 4.74 Å². The highest BCUT2D eigenvalue weighted by Crippen LogP contribution is 2.01. The smallest absolute Gasteiger partial charge is 0.321 e. The van der Waals surface area contributed by atoms with Crippen molar-refractivity contribution in [2.24, 2.45) is 0 Å². The lowest BCUT2D eigenvalue weighted by Crippen LogP contribution is -2.20. The van der Waals surface area contributed by atoms with Crippen LogP contribution in [0.3, 0.4) is 0 Å². The zero-order valence-electron chi connectivity index (χ0n) is 9.00. The van der Waals surface area contributed by atoms with E-state index in [0.29, 0.717) is 0 Å². The first-order chi connectivity index (χ1) is 8.03. The Bertz CT molecular complexity index is 516. The van der Waals surface area contributed by atoms with Gasteiger partial charge in [-0.3, -0.25) is 4.79 Å². The summed E-state index contributed by atoms with van der Waals surface area (Å²) in [5, 5.41) is 8.24. The molecule has 0 fully saturated rings. The molecular weight excluding hydrogens is 242 g/mol. The highest BCUT2D eigenvalue weighted by molar-refractivity contribution is 7.92. The molecule has 0 saturated carbocycles. The fraction of sp³-hybridized carbons (Fsp3) is 0.273. The molecule has 0 heterocycles. The van der Waals surface area contributed by atoms with E-state index in [2.05, 4.69) is 0 Å². The maximum absolute atomic E-state index is 11.2. The minimum Gasteiger partial charge on any atom is -0.460 e. The van der Waals surface area contributed by atoms with Gasteiger partial charge in [0.15, 0.2) is 9.84 Å². The standard InChI is InChI=1S/C11H11NO4S/c12-6-7-17(14,15)9-11(13)16-8-10-4-2-1-3-5-10/h1-5H,7-9H2. The van der Waals surface area contributed by atoms with E-state index < -0.39 is 27.3 Å². The monoisotopic (exact) mass is 253 g/mol. The molecule has 1 aromatic carbocycles. The summed E-state index contributed by atoms with van der Waals surface area (Å²) in [6.07, 6.45) is 0. The minimum absolute atomic E-state index is 0.0295. The highest BCUT2D eigenvalue weighted by atomic mass is 32.2. The molecule has 0 bridgehead atoms. The van der Waals surface area contributed by atoms with Crippen LogP contribution in [0.4, 0.5) is 0 Å². The Morgan fingerprint density at radius 2 is 1.94 bits per heavy atom. The van der Waals surface area contributed by atoms with Crippen molar-refractivity contribution >= 4 is 15.8 Å². The van der Waals surface area contributed by atoms with E-state index in [1.165, 1.54) is 6.07 Å². The number of ether oxygens (including phenoxy) is 1. The molecule has 0 unspecified atom stereocenters. The molecule has 0 aliphatic heterocycles. The molecular formula is C11H11NO4S. The van der Waals surface area contributed by atoms with Crippen molar-refractivity contribution in [3.8, 4) is 6.07 Å². The average Bonchev–Trinajstić information content (AvgIpc) is 2.27. The molecule has 0 N–H and O–H groups in total. The van der Waals surface area contributed by atoms with E-state index >= 15 is 0 Å². The normalized spacial score (nSPS) is 10.5. The van der Waals surface area contributed by atoms with Crippen LogP contribution in [0.15, 0.2) is 30.3 Å². The lowest BCUT2D eigenvalue weighted by Gasteiger charge is -2.04. The summed E-state index contributed by atoms with van der Waals surface area (Å²) in [5.74, 6) is -2.27. The van der Waals surface area contributed by atoms with Gasteiger partial charge in [-0.2, -0.15) is 5.26 Å². The number of nitriles is 1. The van der Waals surface area contributed by atoms with Gasteiger partial charge in [0.25, 0.3) is 0 Å². The first-order valence-electron chi connectivity index (χ1n) is 4.80. The molecule has 0 aromatic heterocycles. The third kappa shape index (κ3) is 5.13. The van der Waals surface area contributed by atoms with Gasteiger partial charge in [-0.15, -0.1) is 0 Å². The second kappa shape index (κ2) is 6.01. The maximum Gasteiger partial charge on any atom is 0.321 e. The molecule has 0 amide bonds. The number of carbonyl (C=O) groups is 1. The SMILES string of the molecule is N#CCS(=O)(=O)CC(=O)OCc1ccccc1. The van der Waals surface area contributed by atoms with E-state index in [9.17, 15) is 13.2 Å². The predicted octanol–water partition coefficient (Wildman–Crippen LogP) is 0.668. The fourth-order valence-electron chi connectivity index (χ4n) is 1.11. The van der Waals surface area contributed by atoms with Gasteiger partial charge in [0, 0.05) is 0 Å². The van der Waals surface area contributed by atoms with Gasteiger partial charge in [0.2, 0.25) is 0 Å². The number of carbonyl (C=O) groups excluding carboxylic acids is 1. The number of hydrogen-bond acceptors (Lipinski definition) is 5. The van der Waals surface area contributed by atoms with Gasteiger partial charge in [-0.05, 0) is 5.56 Å². The number of rotatable bonds is 5. The van der Waals surface area contributed by atoms with Crippen LogP contribution in [0, 0.1) is 11.3 Å². The topological polar surface area (TPSA) is 84.2 Å². The maximum atomic E-state index is 11.2. The number of benzene rings is 1. The van der Waals surface area contributed by atoms with E-state index in [1.807, 2.05) is 6.07 Å². The molecule has 0 aliphatic carbocycles. The molecule has 0 spiro atoms. The fourth-order valence-corrected chi connectivity index (χ4v) is 1.85. The van der Waals surface area contributed by atoms with Gasteiger partial charge in [0.05, 0.1) is 6.07 Å². The van der Waals surface area contributed by atoms with Crippen LogP contribution in [-0.2, 0) is 26.0 Å². The van der Waals surface area contributed by atoms with Crippen molar-refractivity contribution in [2.45, 2.75) is 6.61 Å². The van der Waals surface area contributed by atoms with Gasteiger partial charge in [0.1, 0.15) is 18.1 Å². The second-order valence-corrected chi connectivity index (χ2v) is 5.40. The largest absolute Gasteiger partial charge is 0.460 e. The summed E-state index contributed by atoms with van der Waals surface area (Å²) in [7, 11) is -3.67. The minimum atomic E-state index is -3.67. The van der Waals surface area contributed by atoms with E-state index in [-0.39, 0.29) is 6.61 Å². The Balaban J connectivity index is 2.44. The molecule has 90 valence electrons. The lowest BCUT2D eigenvalue weighted by molar-refractivity contribution is -0.141. The van der Waals surface area contributed by atoms with Crippen molar-refractivity contribution in [1.29, 1.82) is 5.26 Å². The summed E-state index contributed by atoms with van der Waals surface area (Å²) in [4.78, 5) is 11.2. The lowest BCUT2D eigenvalue weighted by atomic mass is 10.2. The van der Waals surface area contributed by atoms with E-state index in [1.54, 1.807) is 24.3 Å². The van der Waals surface area contributed by atoms with Crippen LogP contribution in [0.25, 0.3) is 0 Å². The first kappa shape index (κ1) is 13.2. The average molecular weight is 253 g/mol. The summed E-state index contributed by atoms with van der Waals surface area (Å²) < 4.78 is 27.0. The van der Waals surface area contributed by atoms with Gasteiger partial charge in [-0.25, -0.2) is 8.42 Å². The van der Waals surface area contributed by atoms with Crippen LogP contribution in [0.5, 0.6) is 0 Å². The Kier molecular flexibility index (Phi) is 4.67. The third-order valence-corrected chi connectivity index (χ3v) is 3.11. The second-order valence-electron chi connectivity index (χ2n) is 3.34. The molecule has 6 heteroatoms. The molecule has 0 atom stereocenters. The number of esters is 1. The summed E-state index contributed by atoms with van der Waals surface area (Å²) >= 11 is 0. The van der Waals surface area contributed by atoms with Crippen molar-refractivity contribution in [3.05, 3.63) is 35.9 Å². The van der Waals surface area contributed by atoms with Crippen molar-refractivity contribution in [3.63, 3.8) is 0 Å². The molecule has 0 aliphatic rings. The Labute approximate surface area is 99.5 Å². The third-order valence-electron chi connectivity index (χ3n) is 1.86. The van der Waals surface area contributed by atoms with Gasteiger partial charge in [-0.1, -0.05) is 30.3 Å². The molecule has 17 heavy (non-hydrogen) atoms. The number of sulfone groups is 1. The van der Waals surface area contributed by atoms with Crippen LogP contribution in [0.1, 0.15) is 5.56 Å². The summed E-state index contributed by atoms with van der Waals surface area (Å²) in [6.45, 7) is 0.0295. The van der Waals surface area contributed by atoms with Crippen molar-refractivity contribution in [2.75, 3.05) is 11.5 Å². The molecule has 0 radical (unpaired) electrons. The van der Waals surface area contributed by atoms with Gasteiger partial charge >= 0.3 is 5.97 Å². The van der Waals surface area contributed by atoms with Crippen LogP contribution >= 0.6 is 0 Å². The Hall–Kier alpha value is -1.87. The van der Waals surface area contributed by atoms with Crippen LogP contribution in [-0.4, -0.2) is 25.9 Å². The molecule has 5 nitrogen and oxygen atoms in total. The molecule has 0 saturated heterocycles. The molecule has 1 aromatic rings. The zero-order chi connectivity index (χ0) is 12.7. The summed E-state index contributed by atoms with van der Waals surface area (Å²) in [6, 6.07) is 10.4.